The van der Waals surface area contributed by atoms with Crippen molar-refractivity contribution < 1.29 is 0 Å². The number of aromatic nitrogens is 6. The summed E-state index contributed by atoms with van der Waals surface area (Å²) in [5.41, 5.74) is 11.6. The van der Waals surface area contributed by atoms with Crippen LogP contribution in [0.15, 0.2) is 170 Å². The summed E-state index contributed by atoms with van der Waals surface area (Å²) in [5.74, 6) is 0. The van der Waals surface area contributed by atoms with Crippen LogP contribution in [0.4, 0.5) is 0 Å². The van der Waals surface area contributed by atoms with E-state index in [0.717, 1.165) is 110 Å². The molecular formula is C48H28N6. The second-order valence-corrected chi connectivity index (χ2v) is 13.5. The Bertz CT molecular complexity index is 3230. The van der Waals surface area contributed by atoms with Gasteiger partial charge in [-0.1, -0.05) is 97.1 Å². The number of rotatable bonds is 4. The lowest BCUT2D eigenvalue weighted by molar-refractivity contribution is 1.19. The van der Waals surface area contributed by atoms with Gasteiger partial charge in [0, 0.05) is 51.3 Å². The van der Waals surface area contributed by atoms with Crippen molar-refractivity contribution >= 4 is 65.2 Å². The molecule has 0 bridgehead atoms. The van der Waals surface area contributed by atoms with Crippen molar-refractivity contribution in [3.63, 3.8) is 0 Å². The highest BCUT2D eigenvalue weighted by atomic mass is 14.8. The minimum Gasteiger partial charge on any atom is -0.261 e. The maximum absolute atomic E-state index is 5.30. The topological polar surface area (TPSA) is 77.3 Å². The molecule has 0 spiro atoms. The van der Waals surface area contributed by atoms with Crippen LogP contribution in [-0.2, 0) is 0 Å². The van der Waals surface area contributed by atoms with Gasteiger partial charge in [0.15, 0.2) is 0 Å². The Morgan fingerprint density at radius 3 is 1.48 bits per heavy atom. The lowest BCUT2D eigenvalue weighted by Crippen LogP contribution is -1.95. The third-order valence-corrected chi connectivity index (χ3v) is 10.4. The normalized spacial score (nSPS) is 11.7. The fraction of sp³-hybridized carbons (Fsp3) is 0. The molecule has 0 aliphatic heterocycles. The number of hydrogen-bond donors (Lipinski definition) is 0. The molecule has 0 saturated heterocycles. The first-order chi connectivity index (χ1) is 26.7. The van der Waals surface area contributed by atoms with Gasteiger partial charge in [-0.2, -0.15) is 0 Å². The van der Waals surface area contributed by atoms with E-state index in [2.05, 4.69) is 143 Å². The summed E-state index contributed by atoms with van der Waals surface area (Å²) < 4.78 is 0. The van der Waals surface area contributed by atoms with Crippen LogP contribution in [0.3, 0.4) is 0 Å². The van der Waals surface area contributed by atoms with Gasteiger partial charge in [0.05, 0.1) is 45.3 Å². The van der Waals surface area contributed by atoms with Crippen molar-refractivity contribution in [1.82, 2.24) is 29.9 Å². The maximum atomic E-state index is 5.30. The van der Waals surface area contributed by atoms with Crippen LogP contribution in [0.1, 0.15) is 0 Å². The molecule has 6 heteroatoms. The smallest absolute Gasteiger partial charge is 0.107 e. The highest BCUT2D eigenvalue weighted by Gasteiger charge is 2.19. The summed E-state index contributed by atoms with van der Waals surface area (Å²) in [4.78, 5) is 28.7. The van der Waals surface area contributed by atoms with E-state index in [9.17, 15) is 0 Å². The SMILES string of the molecule is c1cnc2c(c1)ccc1ccc(-c3c4ccccc4c(-c4ccc5cc(-c6ccc7nc(-c8cnccn8)ccc7c6)ccc5n4)c4ccccc34)nc12. The highest BCUT2D eigenvalue weighted by molar-refractivity contribution is 6.21. The second-order valence-electron chi connectivity index (χ2n) is 13.5. The average molecular weight is 689 g/mol. The van der Waals surface area contributed by atoms with Crippen LogP contribution in [0.2, 0.25) is 0 Å². The lowest BCUT2D eigenvalue weighted by atomic mass is 9.88. The first-order valence-corrected chi connectivity index (χ1v) is 17.9. The second kappa shape index (κ2) is 12.1. The highest BCUT2D eigenvalue weighted by Crippen LogP contribution is 2.43. The molecule has 11 aromatic rings. The van der Waals surface area contributed by atoms with Crippen LogP contribution >= 0.6 is 0 Å². The van der Waals surface area contributed by atoms with Crippen LogP contribution < -0.4 is 0 Å². The summed E-state index contributed by atoms with van der Waals surface area (Å²) >= 11 is 0. The summed E-state index contributed by atoms with van der Waals surface area (Å²) in [7, 11) is 0. The molecule has 6 aromatic carbocycles. The Balaban J connectivity index is 1.03. The Morgan fingerprint density at radius 2 is 0.870 bits per heavy atom. The molecule has 0 fully saturated rings. The molecule has 0 saturated carbocycles. The van der Waals surface area contributed by atoms with Crippen LogP contribution in [0.25, 0.3) is 110 Å². The van der Waals surface area contributed by atoms with Crippen molar-refractivity contribution in [2.24, 2.45) is 0 Å². The largest absolute Gasteiger partial charge is 0.261 e. The van der Waals surface area contributed by atoms with Gasteiger partial charge in [0.1, 0.15) is 5.69 Å². The molecule has 5 heterocycles. The van der Waals surface area contributed by atoms with Crippen molar-refractivity contribution in [1.29, 1.82) is 0 Å². The molecule has 11 rings (SSSR count). The van der Waals surface area contributed by atoms with Crippen LogP contribution in [0.5, 0.6) is 0 Å². The molecule has 0 aliphatic carbocycles. The van der Waals surface area contributed by atoms with E-state index in [4.69, 9.17) is 19.9 Å². The van der Waals surface area contributed by atoms with Gasteiger partial charge in [-0.3, -0.25) is 15.0 Å². The molecule has 0 amide bonds. The summed E-state index contributed by atoms with van der Waals surface area (Å²) in [6.45, 7) is 0. The zero-order valence-electron chi connectivity index (χ0n) is 28.8. The summed E-state index contributed by atoms with van der Waals surface area (Å²) in [6, 6.07) is 51.2. The van der Waals surface area contributed by atoms with E-state index in [1.807, 2.05) is 18.3 Å². The minimum absolute atomic E-state index is 0.760. The molecule has 0 aliphatic rings. The minimum atomic E-state index is 0.760. The zero-order valence-corrected chi connectivity index (χ0v) is 28.8. The van der Waals surface area contributed by atoms with E-state index >= 15 is 0 Å². The number of hydrogen-bond acceptors (Lipinski definition) is 6. The van der Waals surface area contributed by atoms with Gasteiger partial charge in [-0.25, -0.2) is 15.0 Å². The third-order valence-electron chi connectivity index (χ3n) is 10.4. The van der Waals surface area contributed by atoms with E-state index in [1.54, 1.807) is 18.6 Å². The van der Waals surface area contributed by atoms with Gasteiger partial charge in [-0.15, -0.1) is 0 Å². The third kappa shape index (κ3) is 4.89. The van der Waals surface area contributed by atoms with Gasteiger partial charge in [-0.05, 0) is 81.2 Å². The first kappa shape index (κ1) is 30.2. The van der Waals surface area contributed by atoms with Crippen LogP contribution in [-0.4, -0.2) is 29.9 Å². The average Bonchev–Trinajstić information content (AvgIpc) is 3.25. The number of fused-ring (bicyclic) bond motifs is 7. The Labute approximate surface area is 309 Å². The molecule has 250 valence electrons. The molecule has 0 N–H and O–H groups in total. The number of nitrogens with zero attached hydrogens (tertiary/aromatic N) is 6. The molecular weight excluding hydrogens is 661 g/mol. The van der Waals surface area contributed by atoms with Gasteiger partial charge in [0.25, 0.3) is 0 Å². The number of benzene rings is 6. The molecule has 54 heavy (non-hydrogen) atoms. The van der Waals surface area contributed by atoms with E-state index in [-0.39, 0.29) is 0 Å². The molecule has 0 atom stereocenters. The predicted molar refractivity (Wildman–Crippen MR) is 220 cm³/mol. The molecule has 0 radical (unpaired) electrons. The van der Waals surface area contributed by atoms with Crippen LogP contribution in [0, 0.1) is 0 Å². The molecule has 5 aromatic heterocycles. The monoisotopic (exact) mass is 688 g/mol. The van der Waals surface area contributed by atoms with Crippen molar-refractivity contribution in [3.8, 4) is 45.0 Å². The Morgan fingerprint density at radius 1 is 0.333 bits per heavy atom. The van der Waals surface area contributed by atoms with E-state index < -0.39 is 0 Å². The zero-order chi connectivity index (χ0) is 35.6. The Hall–Kier alpha value is -7.44. The quantitative estimate of drug-likeness (QED) is 0.135. The lowest BCUT2D eigenvalue weighted by Gasteiger charge is -2.17. The van der Waals surface area contributed by atoms with Crippen molar-refractivity contribution in [2.45, 2.75) is 0 Å². The van der Waals surface area contributed by atoms with Crippen molar-refractivity contribution in [2.75, 3.05) is 0 Å². The standard InChI is InChI=1S/C48H28N6/c1-3-9-37-35(7-1)45(36-8-2-4-10-38(36)46(37)43-21-13-30-12-11-29-6-5-23-51-47(29)48(30)54-43)42-22-17-34-27-32(15-19-40(34)53-42)31-14-18-39-33(26-31)16-20-41(52-39)44-28-49-24-25-50-44/h1-28H. The Kier molecular flexibility index (Phi) is 6.75. The summed E-state index contributed by atoms with van der Waals surface area (Å²) in [6.07, 6.45) is 6.93. The number of pyridine rings is 4. The van der Waals surface area contributed by atoms with Gasteiger partial charge >= 0.3 is 0 Å². The molecule has 6 nitrogen and oxygen atoms in total. The van der Waals surface area contributed by atoms with E-state index in [0.29, 0.717) is 0 Å². The summed E-state index contributed by atoms with van der Waals surface area (Å²) in [5, 5.41) is 8.86. The van der Waals surface area contributed by atoms with E-state index in [1.165, 1.54) is 0 Å². The predicted octanol–water partition coefficient (Wildman–Crippen LogP) is 11.6. The van der Waals surface area contributed by atoms with Gasteiger partial charge in [0.2, 0.25) is 0 Å². The van der Waals surface area contributed by atoms with Gasteiger partial charge < -0.3 is 0 Å². The fourth-order valence-corrected chi connectivity index (χ4v) is 7.87. The fourth-order valence-electron chi connectivity index (χ4n) is 7.87. The maximum Gasteiger partial charge on any atom is 0.107 e. The van der Waals surface area contributed by atoms with Crippen molar-refractivity contribution in [3.05, 3.63) is 170 Å². The molecule has 0 unspecified atom stereocenters. The first-order valence-electron chi connectivity index (χ1n) is 17.9.